The number of aromatic hydroxyl groups is 1. The highest BCUT2D eigenvalue weighted by molar-refractivity contribution is 7.07. The molecule has 3 aromatic rings. The van der Waals surface area contributed by atoms with Crippen LogP contribution in [0.5, 0.6) is 23.0 Å². The number of fused-ring (bicyclic) bond motifs is 1. The van der Waals surface area contributed by atoms with Crippen LogP contribution in [0.3, 0.4) is 0 Å². The number of esters is 1. The van der Waals surface area contributed by atoms with Gasteiger partial charge in [0.2, 0.25) is 0 Å². The van der Waals surface area contributed by atoms with Crippen molar-refractivity contribution in [1.82, 2.24) is 4.57 Å². The molecule has 1 unspecified atom stereocenters. The molecule has 1 aliphatic rings. The molecule has 0 radical (unpaired) electrons. The van der Waals surface area contributed by atoms with Gasteiger partial charge in [-0.2, -0.15) is 0 Å². The van der Waals surface area contributed by atoms with Crippen molar-refractivity contribution in [3.05, 3.63) is 90.6 Å². The summed E-state index contributed by atoms with van der Waals surface area (Å²) in [5.41, 5.74) is 2.32. The normalized spacial score (nSPS) is 14.9. The average Bonchev–Trinajstić information content (AvgIpc) is 3.23. The summed E-state index contributed by atoms with van der Waals surface area (Å²) in [6, 6.07) is 7.98. The first kappa shape index (κ1) is 29.7. The summed E-state index contributed by atoms with van der Waals surface area (Å²) in [6.07, 6.45) is 3.75. The molecule has 1 aromatic heterocycles. The molecule has 0 saturated heterocycles. The van der Waals surface area contributed by atoms with Crippen LogP contribution in [0.25, 0.3) is 6.08 Å². The first-order valence-electron chi connectivity index (χ1n) is 13.2. The van der Waals surface area contributed by atoms with Gasteiger partial charge in [0.1, 0.15) is 0 Å². The molecule has 4 rings (SSSR count). The Morgan fingerprint density at radius 2 is 1.90 bits per heavy atom. The number of hydrogen-bond donors (Lipinski definition) is 1. The van der Waals surface area contributed by atoms with Gasteiger partial charge in [-0.1, -0.05) is 23.5 Å². The Morgan fingerprint density at radius 3 is 2.54 bits per heavy atom. The zero-order chi connectivity index (χ0) is 29.8. The van der Waals surface area contributed by atoms with Crippen molar-refractivity contribution in [3.8, 4) is 23.0 Å². The van der Waals surface area contributed by atoms with E-state index in [4.69, 9.17) is 18.9 Å². The smallest absolute Gasteiger partial charge is 0.338 e. The van der Waals surface area contributed by atoms with E-state index >= 15 is 0 Å². The second kappa shape index (κ2) is 12.5. The summed E-state index contributed by atoms with van der Waals surface area (Å²) < 4.78 is 24.1. The van der Waals surface area contributed by atoms with Crippen molar-refractivity contribution in [2.24, 2.45) is 4.99 Å². The van der Waals surface area contributed by atoms with Crippen LogP contribution in [0.2, 0.25) is 0 Å². The van der Waals surface area contributed by atoms with Crippen molar-refractivity contribution in [2.45, 2.75) is 46.3 Å². The summed E-state index contributed by atoms with van der Waals surface area (Å²) in [7, 11) is 3.01. The van der Waals surface area contributed by atoms with Crippen LogP contribution >= 0.6 is 11.3 Å². The topological polar surface area (TPSA) is 109 Å². The van der Waals surface area contributed by atoms with Gasteiger partial charge >= 0.3 is 5.97 Å². The number of methoxy groups -OCH3 is 2. The first-order chi connectivity index (χ1) is 19.6. The third-order valence-electron chi connectivity index (χ3n) is 6.44. The Kier molecular flexibility index (Phi) is 9.02. The van der Waals surface area contributed by atoms with E-state index in [0.717, 1.165) is 0 Å². The van der Waals surface area contributed by atoms with Crippen molar-refractivity contribution in [2.75, 3.05) is 20.8 Å². The highest BCUT2D eigenvalue weighted by Crippen LogP contribution is 2.37. The fraction of sp³-hybridized carbons (Fsp3) is 0.323. The number of allylic oxidation sites excluding steroid dienone is 2. The molecule has 0 aliphatic carbocycles. The molecule has 2 aromatic carbocycles. The lowest BCUT2D eigenvalue weighted by Crippen LogP contribution is -2.40. The quantitative estimate of drug-likeness (QED) is 0.286. The van der Waals surface area contributed by atoms with Gasteiger partial charge in [-0.05, 0) is 75.6 Å². The second-order valence-corrected chi connectivity index (χ2v) is 10.6. The zero-order valence-electron chi connectivity index (χ0n) is 24.0. The molecule has 2 heterocycles. The lowest BCUT2D eigenvalue weighted by molar-refractivity contribution is -0.139. The molecule has 0 bridgehead atoms. The standard InChI is InChI=1S/C31H34N2O7S/c1-8-10-21-13-19(14-24(38-7)28(21)34)15-25-29(35)33-27(20-11-12-22(40-17(3)4)23(16-20)37-6)26(30(36)39-9-2)18(5)32-31(33)41-25/h8,11-17,27,34H,1,9-10H2,2-7H3. The number of aromatic nitrogens is 1. The molecule has 0 amide bonds. The molecule has 0 saturated carbocycles. The van der Waals surface area contributed by atoms with E-state index in [1.165, 1.54) is 30.1 Å². The SMILES string of the molecule is C=CCc1cc(C=c2sc3n(c2=O)C(c2ccc(OC(C)C)c(OC)c2)C(C(=O)OCC)=C(C)N=3)cc(OC)c1O. The molecule has 1 N–H and O–H groups in total. The Labute approximate surface area is 242 Å². The van der Waals surface area contributed by atoms with Crippen LogP contribution in [0, 0.1) is 0 Å². The molecular weight excluding hydrogens is 544 g/mol. The molecule has 9 nitrogen and oxygen atoms in total. The van der Waals surface area contributed by atoms with Gasteiger partial charge in [0.15, 0.2) is 27.8 Å². The van der Waals surface area contributed by atoms with Crippen molar-refractivity contribution < 1.29 is 28.8 Å². The molecular formula is C31H34N2O7S. The number of nitrogens with zero attached hydrogens (tertiary/aromatic N) is 2. The van der Waals surface area contributed by atoms with Crippen LogP contribution in [0.1, 0.15) is 50.4 Å². The summed E-state index contributed by atoms with van der Waals surface area (Å²) in [5.74, 6) is 0.791. The van der Waals surface area contributed by atoms with E-state index < -0.39 is 12.0 Å². The predicted molar refractivity (Wildman–Crippen MR) is 158 cm³/mol. The Hall–Kier alpha value is -4.31. The summed E-state index contributed by atoms with van der Waals surface area (Å²) in [4.78, 5) is 32.3. The fourth-order valence-electron chi connectivity index (χ4n) is 4.70. The number of carbonyl (C=O) groups excluding carboxylic acids is 1. The number of ether oxygens (including phenoxy) is 4. The highest BCUT2D eigenvalue weighted by Gasteiger charge is 2.34. The molecule has 41 heavy (non-hydrogen) atoms. The number of benzene rings is 2. The number of phenolic OH excluding ortho intramolecular Hbond substituents is 1. The minimum atomic E-state index is -0.805. The maximum atomic E-state index is 14.0. The van der Waals surface area contributed by atoms with Crippen LogP contribution < -0.4 is 29.1 Å². The van der Waals surface area contributed by atoms with Gasteiger partial charge in [0.05, 0.1) is 48.8 Å². The van der Waals surface area contributed by atoms with E-state index in [0.29, 0.717) is 49.6 Å². The number of phenols is 1. The highest BCUT2D eigenvalue weighted by atomic mass is 32.1. The van der Waals surface area contributed by atoms with Crippen LogP contribution in [0.4, 0.5) is 0 Å². The Morgan fingerprint density at radius 1 is 1.17 bits per heavy atom. The van der Waals surface area contributed by atoms with Crippen molar-refractivity contribution in [3.63, 3.8) is 0 Å². The van der Waals surface area contributed by atoms with Gasteiger partial charge in [-0.3, -0.25) is 9.36 Å². The van der Waals surface area contributed by atoms with E-state index in [9.17, 15) is 14.7 Å². The molecule has 10 heteroatoms. The van der Waals surface area contributed by atoms with Gasteiger partial charge in [-0.25, -0.2) is 9.79 Å². The summed E-state index contributed by atoms with van der Waals surface area (Å²) >= 11 is 1.21. The predicted octanol–water partition coefficient (Wildman–Crippen LogP) is 4.04. The van der Waals surface area contributed by atoms with Crippen molar-refractivity contribution >= 4 is 23.4 Å². The maximum absolute atomic E-state index is 14.0. The third-order valence-corrected chi connectivity index (χ3v) is 7.42. The Balaban J connectivity index is 1.95. The third kappa shape index (κ3) is 5.92. The largest absolute Gasteiger partial charge is 0.504 e. The molecule has 0 spiro atoms. The summed E-state index contributed by atoms with van der Waals surface area (Å²) in [6.45, 7) is 11.2. The average molecular weight is 579 g/mol. The molecule has 216 valence electrons. The van der Waals surface area contributed by atoms with Crippen LogP contribution in [-0.4, -0.2) is 42.6 Å². The Bertz CT molecular complexity index is 1700. The monoisotopic (exact) mass is 578 g/mol. The number of thiazole rings is 1. The van der Waals surface area contributed by atoms with Gasteiger partial charge in [0, 0.05) is 5.56 Å². The number of rotatable bonds is 10. The number of hydrogen-bond acceptors (Lipinski definition) is 9. The van der Waals surface area contributed by atoms with E-state index in [1.54, 1.807) is 50.3 Å². The van der Waals surface area contributed by atoms with Crippen molar-refractivity contribution in [1.29, 1.82) is 0 Å². The maximum Gasteiger partial charge on any atom is 0.338 e. The minimum absolute atomic E-state index is 0.0274. The minimum Gasteiger partial charge on any atom is -0.504 e. The second-order valence-electron chi connectivity index (χ2n) is 9.60. The number of carbonyl (C=O) groups is 1. The van der Waals surface area contributed by atoms with Crippen LogP contribution in [0.15, 0.2) is 64.0 Å². The molecule has 1 aliphatic heterocycles. The van der Waals surface area contributed by atoms with Gasteiger partial charge < -0.3 is 24.1 Å². The zero-order valence-corrected chi connectivity index (χ0v) is 24.8. The van der Waals surface area contributed by atoms with Crippen LogP contribution in [-0.2, 0) is 16.0 Å². The lowest BCUT2D eigenvalue weighted by Gasteiger charge is -2.25. The van der Waals surface area contributed by atoms with E-state index in [2.05, 4.69) is 11.6 Å². The van der Waals surface area contributed by atoms with Gasteiger partial charge in [-0.15, -0.1) is 6.58 Å². The van der Waals surface area contributed by atoms with E-state index in [-0.39, 0.29) is 35.3 Å². The molecule has 1 atom stereocenters. The first-order valence-corrected chi connectivity index (χ1v) is 14.0. The van der Waals surface area contributed by atoms with Gasteiger partial charge in [0.25, 0.3) is 5.56 Å². The fourth-order valence-corrected chi connectivity index (χ4v) is 5.75. The van der Waals surface area contributed by atoms with E-state index in [1.807, 2.05) is 19.9 Å². The summed E-state index contributed by atoms with van der Waals surface area (Å²) in [5, 5.41) is 10.5. The molecule has 0 fully saturated rings. The lowest BCUT2D eigenvalue weighted by atomic mass is 9.95.